The van der Waals surface area contributed by atoms with Gasteiger partial charge in [-0.15, -0.1) is 0 Å². The lowest BCUT2D eigenvalue weighted by Crippen LogP contribution is -2.05. The fraction of sp³-hybridized carbons (Fsp3) is 0.214. The van der Waals surface area contributed by atoms with Crippen LogP contribution in [-0.4, -0.2) is 4.98 Å². The molecule has 1 nitrogen and oxygen atoms in total. The number of aromatic nitrogens is 1. The second kappa shape index (κ2) is 6.09. The minimum Gasteiger partial charge on any atom is -0.261 e. The van der Waals surface area contributed by atoms with E-state index in [9.17, 15) is 8.78 Å². The van der Waals surface area contributed by atoms with Gasteiger partial charge in [-0.25, -0.2) is 8.78 Å². The van der Waals surface area contributed by atoms with Crippen LogP contribution >= 0.6 is 31.9 Å². The zero-order valence-electron chi connectivity index (χ0n) is 10.1. The fourth-order valence-corrected chi connectivity index (χ4v) is 3.00. The van der Waals surface area contributed by atoms with E-state index in [0.717, 1.165) is 11.3 Å². The largest absolute Gasteiger partial charge is 0.261 e. The Morgan fingerprint density at radius 1 is 1.26 bits per heavy atom. The molecule has 1 unspecified atom stereocenters. The number of rotatable bonds is 3. The summed E-state index contributed by atoms with van der Waals surface area (Å²) in [5.41, 5.74) is 1.87. The Morgan fingerprint density at radius 3 is 2.47 bits per heavy atom. The predicted octanol–water partition coefficient (Wildman–Crippen LogP) is 5.11. The van der Waals surface area contributed by atoms with E-state index in [1.807, 2.05) is 19.1 Å². The van der Waals surface area contributed by atoms with E-state index in [1.165, 1.54) is 12.1 Å². The standard InChI is InChI=1S/C14H11Br2F2N/c1-8-3-2-4-19-13(8)7-10(16)14-11(17)5-9(15)6-12(14)18/h2-6,10H,7H2,1H3. The smallest absolute Gasteiger partial charge is 0.131 e. The van der Waals surface area contributed by atoms with Gasteiger partial charge < -0.3 is 0 Å². The van der Waals surface area contributed by atoms with Gasteiger partial charge in [0.1, 0.15) is 11.6 Å². The lowest BCUT2D eigenvalue weighted by atomic mass is 10.0. The molecular weight excluding hydrogens is 380 g/mol. The summed E-state index contributed by atoms with van der Waals surface area (Å²) in [7, 11) is 0. The minimum absolute atomic E-state index is 0.0354. The normalized spacial score (nSPS) is 12.5. The summed E-state index contributed by atoms with van der Waals surface area (Å²) in [6.07, 6.45) is 2.11. The van der Waals surface area contributed by atoms with Crippen LogP contribution in [0.5, 0.6) is 0 Å². The molecule has 0 bridgehead atoms. The lowest BCUT2D eigenvalue weighted by Gasteiger charge is -2.13. The van der Waals surface area contributed by atoms with E-state index in [2.05, 4.69) is 36.8 Å². The molecule has 0 saturated carbocycles. The first-order valence-electron chi connectivity index (χ1n) is 5.68. The molecule has 1 heterocycles. The van der Waals surface area contributed by atoms with Gasteiger partial charge in [0.05, 0.1) is 4.83 Å². The van der Waals surface area contributed by atoms with Crippen molar-refractivity contribution in [3.8, 4) is 0 Å². The van der Waals surface area contributed by atoms with Crippen LogP contribution in [0.15, 0.2) is 34.9 Å². The quantitative estimate of drug-likeness (QED) is 0.663. The first kappa shape index (κ1) is 14.6. The first-order valence-corrected chi connectivity index (χ1v) is 7.39. The van der Waals surface area contributed by atoms with Crippen molar-refractivity contribution in [2.75, 3.05) is 0 Å². The summed E-state index contributed by atoms with van der Waals surface area (Å²) in [5.74, 6) is -1.13. The summed E-state index contributed by atoms with van der Waals surface area (Å²) in [5, 5.41) is 0. The highest BCUT2D eigenvalue weighted by Gasteiger charge is 2.20. The van der Waals surface area contributed by atoms with Crippen LogP contribution in [0.2, 0.25) is 0 Å². The maximum atomic E-state index is 13.8. The van der Waals surface area contributed by atoms with E-state index in [4.69, 9.17) is 0 Å². The van der Waals surface area contributed by atoms with Crippen LogP contribution in [0.1, 0.15) is 21.6 Å². The minimum atomic E-state index is -0.567. The van der Waals surface area contributed by atoms with Gasteiger partial charge >= 0.3 is 0 Å². The summed E-state index contributed by atoms with van der Waals surface area (Å²) in [6, 6.07) is 6.29. The van der Waals surface area contributed by atoms with Gasteiger partial charge in [-0.05, 0) is 30.7 Å². The number of pyridine rings is 1. The number of hydrogen-bond acceptors (Lipinski definition) is 1. The Balaban J connectivity index is 2.31. The van der Waals surface area contributed by atoms with Crippen molar-refractivity contribution in [1.29, 1.82) is 0 Å². The molecule has 5 heteroatoms. The van der Waals surface area contributed by atoms with Crippen molar-refractivity contribution >= 4 is 31.9 Å². The molecule has 0 aliphatic rings. The number of alkyl halides is 1. The Kier molecular flexibility index (Phi) is 4.68. The molecule has 0 fully saturated rings. The first-order chi connectivity index (χ1) is 8.99. The highest BCUT2D eigenvalue weighted by molar-refractivity contribution is 9.10. The predicted molar refractivity (Wildman–Crippen MR) is 78.4 cm³/mol. The molecule has 1 aromatic carbocycles. The molecule has 0 N–H and O–H groups in total. The number of benzene rings is 1. The third-order valence-corrected chi connectivity index (χ3v) is 4.09. The van der Waals surface area contributed by atoms with Gasteiger partial charge in [0.2, 0.25) is 0 Å². The molecule has 0 aliphatic carbocycles. The molecule has 0 saturated heterocycles. The number of hydrogen-bond donors (Lipinski definition) is 0. The summed E-state index contributed by atoms with van der Waals surface area (Å²) in [6.45, 7) is 1.93. The van der Waals surface area contributed by atoms with Crippen LogP contribution in [0, 0.1) is 18.6 Å². The van der Waals surface area contributed by atoms with Crippen molar-refractivity contribution in [2.24, 2.45) is 0 Å². The van der Waals surface area contributed by atoms with Gasteiger partial charge in [-0.2, -0.15) is 0 Å². The van der Waals surface area contributed by atoms with Gasteiger partial charge in [0, 0.05) is 28.3 Å². The van der Waals surface area contributed by atoms with E-state index in [1.54, 1.807) is 6.20 Å². The summed E-state index contributed by atoms with van der Waals surface area (Å²) < 4.78 is 28.1. The Bertz CT molecular complexity index is 579. The maximum absolute atomic E-state index is 13.8. The second-order valence-electron chi connectivity index (χ2n) is 4.22. The third-order valence-electron chi connectivity index (χ3n) is 2.85. The van der Waals surface area contributed by atoms with Gasteiger partial charge in [0.25, 0.3) is 0 Å². The van der Waals surface area contributed by atoms with Gasteiger partial charge in [-0.1, -0.05) is 37.9 Å². The molecule has 100 valence electrons. The zero-order chi connectivity index (χ0) is 14.0. The van der Waals surface area contributed by atoms with Crippen LogP contribution in [0.3, 0.4) is 0 Å². The van der Waals surface area contributed by atoms with E-state index < -0.39 is 16.5 Å². The Labute approximate surface area is 127 Å². The molecular formula is C14H11Br2F2N. The van der Waals surface area contributed by atoms with E-state index in [0.29, 0.717) is 10.9 Å². The highest BCUT2D eigenvalue weighted by atomic mass is 79.9. The summed E-state index contributed by atoms with van der Waals surface area (Å²) >= 11 is 6.41. The number of halogens is 4. The second-order valence-corrected chi connectivity index (χ2v) is 6.24. The van der Waals surface area contributed by atoms with E-state index >= 15 is 0 Å². The number of nitrogens with zero attached hydrogens (tertiary/aromatic N) is 1. The van der Waals surface area contributed by atoms with Crippen LogP contribution in [0.4, 0.5) is 8.78 Å². The van der Waals surface area contributed by atoms with Gasteiger partial charge in [-0.3, -0.25) is 4.98 Å². The average Bonchev–Trinajstić information content (AvgIpc) is 2.30. The molecule has 1 atom stereocenters. The maximum Gasteiger partial charge on any atom is 0.131 e. The zero-order valence-corrected chi connectivity index (χ0v) is 13.3. The molecule has 0 amide bonds. The molecule has 0 aliphatic heterocycles. The Morgan fingerprint density at radius 2 is 1.89 bits per heavy atom. The van der Waals surface area contributed by atoms with Crippen molar-refractivity contribution in [3.63, 3.8) is 0 Å². The molecule has 0 radical (unpaired) electrons. The molecule has 0 spiro atoms. The molecule has 2 rings (SSSR count). The molecule has 19 heavy (non-hydrogen) atoms. The topological polar surface area (TPSA) is 12.9 Å². The van der Waals surface area contributed by atoms with Crippen molar-refractivity contribution in [2.45, 2.75) is 18.2 Å². The van der Waals surface area contributed by atoms with Crippen LogP contribution in [0.25, 0.3) is 0 Å². The fourth-order valence-electron chi connectivity index (χ4n) is 1.86. The SMILES string of the molecule is Cc1cccnc1CC(Br)c1c(F)cc(Br)cc1F. The van der Waals surface area contributed by atoms with Crippen LogP contribution in [-0.2, 0) is 6.42 Å². The molecule has 1 aromatic heterocycles. The molecule has 2 aromatic rings. The van der Waals surface area contributed by atoms with E-state index in [-0.39, 0.29) is 5.56 Å². The Hall–Kier alpha value is -0.810. The van der Waals surface area contributed by atoms with Gasteiger partial charge in [0.15, 0.2) is 0 Å². The average molecular weight is 391 g/mol. The highest BCUT2D eigenvalue weighted by Crippen LogP contribution is 2.33. The van der Waals surface area contributed by atoms with Crippen LogP contribution < -0.4 is 0 Å². The third kappa shape index (κ3) is 3.39. The van der Waals surface area contributed by atoms with Crippen molar-refractivity contribution < 1.29 is 8.78 Å². The van der Waals surface area contributed by atoms with Crippen molar-refractivity contribution in [1.82, 2.24) is 4.98 Å². The van der Waals surface area contributed by atoms with Crippen molar-refractivity contribution in [3.05, 3.63) is 63.4 Å². The summed E-state index contributed by atoms with van der Waals surface area (Å²) in [4.78, 5) is 3.79. The monoisotopic (exact) mass is 389 g/mol. The number of aryl methyl sites for hydroxylation is 1. The lowest BCUT2D eigenvalue weighted by molar-refractivity contribution is 0.551.